The van der Waals surface area contributed by atoms with Gasteiger partial charge in [-0.3, -0.25) is 0 Å². The van der Waals surface area contributed by atoms with Gasteiger partial charge in [0, 0.05) is 13.2 Å². The molecule has 200 valence electrons. The molecule has 0 aromatic carbocycles. The maximum Gasteiger partial charge on any atom is 0.0644 e. The molecular formula is C31H59NO2. The summed E-state index contributed by atoms with van der Waals surface area (Å²) in [6.07, 6.45) is 34.0. The molecule has 0 saturated heterocycles. The van der Waals surface area contributed by atoms with Gasteiger partial charge in [-0.2, -0.15) is 0 Å². The number of allylic oxidation sites excluding steroid dienone is 6. The van der Waals surface area contributed by atoms with E-state index >= 15 is 0 Å². The van der Waals surface area contributed by atoms with Crippen molar-refractivity contribution in [2.45, 2.75) is 123 Å². The van der Waals surface area contributed by atoms with Gasteiger partial charge in [-0.1, -0.05) is 88.8 Å². The van der Waals surface area contributed by atoms with Gasteiger partial charge in [0.05, 0.1) is 19.3 Å². The van der Waals surface area contributed by atoms with Gasteiger partial charge in [0.25, 0.3) is 0 Å². The van der Waals surface area contributed by atoms with E-state index in [4.69, 9.17) is 9.47 Å². The Kier molecular flexibility index (Phi) is 27.6. The van der Waals surface area contributed by atoms with Crippen molar-refractivity contribution >= 4 is 0 Å². The molecule has 0 aromatic heterocycles. The molecule has 0 aliphatic rings. The van der Waals surface area contributed by atoms with Crippen LogP contribution in [0.1, 0.15) is 117 Å². The monoisotopic (exact) mass is 477 g/mol. The maximum atomic E-state index is 5.95. The summed E-state index contributed by atoms with van der Waals surface area (Å²) >= 11 is 0. The topological polar surface area (TPSA) is 21.7 Å². The Bertz CT molecular complexity index is 470. The van der Waals surface area contributed by atoms with E-state index in [0.29, 0.717) is 6.04 Å². The Morgan fingerprint density at radius 3 is 1.59 bits per heavy atom. The van der Waals surface area contributed by atoms with Crippen LogP contribution in [0.2, 0.25) is 0 Å². The molecular weight excluding hydrogens is 418 g/mol. The molecule has 0 radical (unpaired) electrons. The number of hydrogen-bond donors (Lipinski definition) is 0. The number of rotatable bonds is 26. The molecule has 34 heavy (non-hydrogen) atoms. The first-order valence-corrected chi connectivity index (χ1v) is 14.5. The number of likely N-dealkylation sites (N-methyl/N-ethyl adjacent to an activating group) is 1. The summed E-state index contributed by atoms with van der Waals surface area (Å²) in [5.74, 6) is 0. The Hall–Kier alpha value is -0.900. The van der Waals surface area contributed by atoms with Gasteiger partial charge in [0.2, 0.25) is 0 Å². The lowest BCUT2D eigenvalue weighted by Crippen LogP contribution is -2.37. The first-order chi connectivity index (χ1) is 16.7. The second-order valence-electron chi connectivity index (χ2n) is 9.73. The number of ether oxygens (including phenoxy) is 2. The van der Waals surface area contributed by atoms with E-state index in [0.717, 1.165) is 45.7 Å². The minimum atomic E-state index is 0.351. The van der Waals surface area contributed by atoms with Gasteiger partial charge >= 0.3 is 0 Å². The quantitative estimate of drug-likeness (QED) is 0.0916. The molecule has 0 aliphatic heterocycles. The third kappa shape index (κ3) is 25.7. The summed E-state index contributed by atoms with van der Waals surface area (Å²) < 4.78 is 11.9. The first-order valence-electron chi connectivity index (χ1n) is 14.5. The second kappa shape index (κ2) is 28.3. The van der Waals surface area contributed by atoms with Crippen molar-refractivity contribution in [3.05, 3.63) is 36.5 Å². The number of unbranched alkanes of at least 4 members (excludes halogenated alkanes) is 11. The third-order valence-corrected chi connectivity index (χ3v) is 6.15. The normalized spacial score (nSPS) is 13.3. The molecule has 0 unspecified atom stereocenters. The van der Waals surface area contributed by atoms with Crippen molar-refractivity contribution in [2.24, 2.45) is 0 Å². The number of nitrogens with zero attached hydrogens (tertiary/aromatic N) is 1. The SMILES string of the molecule is CCC=CCCCCOC[C@H](COCCCCCCCCC=CCC=CCCCCC)N(C)C. The van der Waals surface area contributed by atoms with Gasteiger partial charge in [-0.25, -0.2) is 0 Å². The van der Waals surface area contributed by atoms with E-state index in [1.54, 1.807) is 0 Å². The highest BCUT2D eigenvalue weighted by Crippen LogP contribution is 2.09. The molecule has 0 rings (SSSR count). The van der Waals surface area contributed by atoms with Crippen LogP contribution in [0.3, 0.4) is 0 Å². The molecule has 0 aromatic rings. The Balaban J connectivity index is 3.47. The summed E-state index contributed by atoms with van der Waals surface area (Å²) in [7, 11) is 4.24. The molecule has 1 atom stereocenters. The summed E-state index contributed by atoms with van der Waals surface area (Å²) in [4.78, 5) is 2.22. The van der Waals surface area contributed by atoms with Crippen LogP contribution in [0.4, 0.5) is 0 Å². The summed E-state index contributed by atoms with van der Waals surface area (Å²) in [5.41, 5.74) is 0. The maximum absolute atomic E-state index is 5.95. The highest BCUT2D eigenvalue weighted by atomic mass is 16.5. The summed E-state index contributed by atoms with van der Waals surface area (Å²) in [6.45, 7) is 7.71. The van der Waals surface area contributed by atoms with Crippen LogP contribution in [0.15, 0.2) is 36.5 Å². The minimum absolute atomic E-state index is 0.351. The van der Waals surface area contributed by atoms with Crippen LogP contribution in [-0.2, 0) is 9.47 Å². The first kappa shape index (κ1) is 33.1. The van der Waals surface area contributed by atoms with Crippen LogP contribution >= 0.6 is 0 Å². The van der Waals surface area contributed by atoms with Crippen molar-refractivity contribution in [1.29, 1.82) is 0 Å². The van der Waals surface area contributed by atoms with Gasteiger partial charge in [0.1, 0.15) is 0 Å². The van der Waals surface area contributed by atoms with Crippen molar-refractivity contribution in [3.63, 3.8) is 0 Å². The van der Waals surface area contributed by atoms with Gasteiger partial charge in [-0.05, 0) is 78.3 Å². The minimum Gasteiger partial charge on any atom is -0.380 e. The van der Waals surface area contributed by atoms with E-state index < -0.39 is 0 Å². The van der Waals surface area contributed by atoms with Crippen LogP contribution < -0.4 is 0 Å². The van der Waals surface area contributed by atoms with Crippen LogP contribution in [0.5, 0.6) is 0 Å². The van der Waals surface area contributed by atoms with Crippen molar-refractivity contribution in [2.75, 3.05) is 40.5 Å². The molecule has 0 aliphatic carbocycles. The third-order valence-electron chi connectivity index (χ3n) is 6.15. The van der Waals surface area contributed by atoms with E-state index in [1.165, 1.54) is 83.5 Å². The fraction of sp³-hybridized carbons (Fsp3) is 0.806. The van der Waals surface area contributed by atoms with Crippen molar-refractivity contribution in [1.82, 2.24) is 4.90 Å². The molecule has 0 spiro atoms. The Labute approximate surface area is 214 Å². The van der Waals surface area contributed by atoms with Gasteiger partial charge < -0.3 is 14.4 Å². The van der Waals surface area contributed by atoms with E-state index in [9.17, 15) is 0 Å². The van der Waals surface area contributed by atoms with E-state index in [1.807, 2.05) is 0 Å². The highest BCUT2D eigenvalue weighted by Gasteiger charge is 2.11. The van der Waals surface area contributed by atoms with Gasteiger partial charge in [-0.15, -0.1) is 0 Å². The molecule has 0 saturated carbocycles. The average molecular weight is 478 g/mol. The Morgan fingerprint density at radius 2 is 1.03 bits per heavy atom. The fourth-order valence-corrected chi connectivity index (χ4v) is 3.73. The Morgan fingerprint density at radius 1 is 0.559 bits per heavy atom. The zero-order valence-electron chi connectivity index (χ0n) is 23.4. The molecule has 0 fully saturated rings. The van der Waals surface area contributed by atoms with Crippen LogP contribution in [-0.4, -0.2) is 51.5 Å². The number of hydrogen-bond acceptors (Lipinski definition) is 3. The second-order valence-corrected chi connectivity index (χ2v) is 9.73. The smallest absolute Gasteiger partial charge is 0.0644 e. The highest BCUT2D eigenvalue weighted by molar-refractivity contribution is 4.92. The average Bonchev–Trinajstić information content (AvgIpc) is 2.83. The molecule has 0 bridgehead atoms. The predicted molar refractivity (Wildman–Crippen MR) is 152 cm³/mol. The molecule has 3 nitrogen and oxygen atoms in total. The molecule has 0 N–H and O–H groups in total. The van der Waals surface area contributed by atoms with Gasteiger partial charge in [0.15, 0.2) is 0 Å². The van der Waals surface area contributed by atoms with Crippen LogP contribution in [0.25, 0.3) is 0 Å². The van der Waals surface area contributed by atoms with Crippen molar-refractivity contribution in [3.8, 4) is 0 Å². The lowest BCUT2D eigenvalue weighted by atomic mass is 10.1. The van der Waals surface area contributed by atoms with Crippen molar-refractivity contribution < 1.29 is 9.47 Å². The molecule has 3 heteroatoms. The van der Waals surface area contributed by atoms with Crippen LogP contribution in [0, 0.1) is 0 Å². The zero-order chi connectivity index (χ0) is 25.0. The predicted octanol–water partition coefficient (Wildman–Crippen LogP) is 8.90. The zero-order valence-corrected chi connectivity index (χ0v) is 23.4. The summed E-state index contributed by atoms with van der Waals surface area (Å²) in [6, 6.07) is 0.351. The standard InChI is InChI=1S/C31H59NO2/c1-5-7-9-11-13-14-15-16-17-18-19-20-21-22-24-26-28-34-30-31(32(3)4)29-33-27-25-23-12-10-8-6-2/h8,10,13-14,16-17,31H,5-7,9,11-12,15,18-30H2,1-4H3/t31-/m1/s1. The lowest BCUT2D eigenvalue weighted by Gasteiger charge is -2.24. The summed E-state index contributed by atoms with van der Waals surface area (Å²) in [5, 5.41) is 0. The van der Waals surface area contributed by atoms with E-state index in [-0.39, 0.29) is 0 Å². The molecule has 0 amide bonds. The molecule has 0 heterocycles. The largest absolute Gasteiger partial charge is 0.380 e. The fourth-order valence-electron chi connectivity index (χ4n) is 3.73. The lowest BCUT2D eigenvalue weighted by molar-refractivity contribution is 0.0199. The van der Waals surface area contributed by atoms with E-state index in [2.05, 4.69) is 69.3 Å².